The third kappa shape index (κ3) is 5.48. The number of nitrogens with one attached hydrogen (secondary N) is 1. The number of halogens is 3. The van der Waals surface area contributed by atoms with Crippen molar-refractivity contribution < 1.29 is 22.7 Å². The fraction of sp³-hybridized carbons (Fsp3) is 0.462. The Morgan fingerprint density at radius 2 is 2.05 bits per heavy atom. The number of carbonyl (C=O) groups is 1. The maximum atomic E-state index is 12.2. The van der Waals surface area contributed by atoms with E-state index in [2.05, 4.69) is 10.1 Å². The Morgan fingerprint density at radius 3 is 2.65 bits per heavy atom. The summed E-state index contributed by atoms with van der Waals surface area (Å²) in [4.78, 5) is 11.8. The number of nitrogens with two attached hydrogens (primary N) is 1. The standard InChI is InChI=1S/C13H17F3N2O2/c1-2-3-6-9(17)12(19)18-10-7-4-5-8-11(10)20-13(14,15)16/h4-5,7-9H,2-3,6,17H2,1H3,(H,18,19). The summed E-state index contributed by atoms with van der Waals surface area (Å²) in [6.07, 6.45) is -2.68. The Morgan fingerprint density at radius 1 is 1.40 bits per heavy atom. The molecule has 0 radical (unpaired) electrons. The molecule has 1 aromatic rings. The number of hydrogen-bond donors (Lipinski definition) is 2. The monoisotopic (exact) mass is 290 g/mol. The lowest BCUT2D eigenvalue weighted by Crippen LogP contribution is -2.35. The number of para-hydroxylation sites is 2. The first kappa shape index (κ1) is 16.3. The summed E-state index contributed by atoms with van der Waals surface area (Å²) >= 11 is 0. The van der Waals surface area contributed by atoms with Crippen LogP contribution in [0.25, 0.3) is 0 Å². The minimum Gasteiger partial charge on any atom is -0.404 e. The highest BCUT2D eigenvalue weighted by Crippen LogP contribution is 2.29. The van der Waals surface area contributed by atoms with Crippen molar-refractivity contribution in [1.29, 1.82) is 0 Å². The average molecular weight is 290 g/mol. The van der Waals surface area contributed by atoms with Crippen LogP contribution in [0.4, 0.5) is 18.9 Å². The molecule has 0 fully saturated rings. The zero-order valence-corrected chi connectivity index (χ0v) is 11.0. The Kier molecular flexibility index (Phi) is 5.82. The molecule has 1 rings (SSSR count). The number of alkyl halides is 3. The van der Waals surface area contributed by atoms with E-state index in [1.54, 1.807) is 0 Å². The zero-order chi connectivity index (χ0) is 15.2. The molecule has 0 aromatic heterocycles. The Bertz CT molecular complexity index is 449. The summed E-state index contributed by atoms with van der Waals surface area (Å²) in [5.41, 5.74) is 5.60. The van der Waals surface area contributed by atoms with E-state index in [4.69, 9.17) is 5.73 Å². The first-order valence-electron chi connectivity index (χ1n) is 6.24. The van der Waals surface area contributed by atoms with Gasteiger partial charge in [0.2, 0.25) is 5.91 Å². The van der Waals surface area contributed by atoms with Crippen LogP contribution in [0.1, 0.15) is 26.2 Å². The van der Waals surface area contributed by atoms with Gasteiger partial charge in [-0.2, -0.15) is 0 Å². The molecule has 1 unspecified atom stereocenters. The van der Waals surface area contributed by atoms with Gasteiger partial charge in [0.15, 0.2) is 5.75 Å². The molecule has 7 heteroatoms. The summed E-state index contributed by atoms with van der Waals surface area (Å²) in [5.74, 6) is -0.993. The van der Waals surface area contributed by atoms with Gasteiger partial charge in [0.1, 0.15) is 0 Å². The molecule has 20 heavy (non-hydrogen) atoms. The molecule has 4 nitrogen and oxygen atoms in total. The summed E-state index contributed by atoms with van der Waals surface area (Å²) in [7, 11) is 0. The molecule has 0 aliphatic heterocycles. The number of anilines is 1. The number of rotatable bonds is 6. The van der Waals surface area contributed by atoms with E-state index < -0.39 is 24.1 Å². The lowest BCUT2D eigenvalue weighted by atomic mass is 10.1. The van der Waals surface area contributed by atoms with Gasteiger partial charge >= 0.3 is 6.36 Å². The van der Waals surface area contributed by atoms with E-state index in [1.165, 1.54) is 18.2 Å². The SMILES string of the molecule is CCCCC(N)C(=O)Nc1ccccc1OC(F)(F)F. The number of carbonyl (C=O) groups excluding carboxylic acids is 1. The Labute approximate surface area is 115 Å². The van der Waals surface area contributed by atoms with E-state index in [0.717, 1.165) is 18.9 Å². The molecule has 0 aliphatic rings. The average Bonchev–Trinajstić information content (AvgIpc) is 2.36. The fourth-order valence-corrected chi connectivity index (χ4v) is 1.56. The van der Waals surface area contributed by atoms with Crippen LogP contribution in [-0.4, -0.2) is 18.3 Å². The van der Waals surface area contributed by atoms with E-state index in [9.17, 15) is 18.0 Å². The molecule has 0 heterocycles. The molecular weight excluding hydrogens is 273 g/mol. The van der Waals surface area contributed by atoms with E-state index in [1.807, 2.05) is 6.92 Å². The predicted octanol–water partition coefficient (Wildman–Crippen LogP) is 3.04. The van der Waals surface area contributed by atoms with Crippen molar-refractivity contribution in [2.75, 3.05) is 5.32 Å². The van der Waals surface area contributed by atoms with Crippen molar-refractivity contribution in [3.63, 3.8) is 0 Å². The van der Waals surface area contributed by atoms with E-state index in [-0.39, 0.29) is 5.69 Å². The highest BCUT2D eigenvalue weighted by molar-refractivity contribution is 5.95. The van der Waals surface area contributed by atoms with Crippen LogP contribution in [0.5, 0.6) is 5.75 Å². The first-order chi connectivity index (χ1) is 9.33. The van der Waals surface area contributed by atoms with Gasteiger partial charge in [-0.15, -0.1) is 13.2 Å². The third-order valence-electron chi connectivity index (χ3n) is 2.58. The minimum absolute atomic E-state index is 0.0539. The molecule has 112 valence electrons. The fourth-order valence-electron chi connectivity index (χ4n) is 1.56. The van der Waals surface area contributed by atoms with Crippen LogP contribution in [-0.2, 0) is 4.79 Å². The number of ether oxygens (including phenoxy) is 1. The lowest BCUT2D eigenvalue weighted by molar-refractivity contribution is -0.274. The summed E-state index contributed by atoms with van der Waals surface area (Å²) in [6, 6.07) is 4.57. The van der Waals surface area contributed by atoms with Crippen molar-refractivity contribution in [2.24, 2.45) is 5.73 Å². The van der Waals surface area contributed by atoms with Crippen molar-refractivity contribution in [3.8, 4) is 5.75 Å². The van der Waals surface area contributed by atoms with E-state index >= 15 is 0 Å². The van der Waals surface area contributed by atoms with Gasteiger partial charge in [-0.3, -0.25) is 4.79 Å². The predicted molar refractivity (Wildman–Crippen MR) is 69.3 cm³/mol. The molecule has 0 saturated carbocycles. The highest BCUT2D eigenvalue weighted by Gasteiger charge is 2.32. The number of benzene rings is 1. The number of unbranched alkanes of at least 4 members (excludes halogenated alkanes) is 1. The Balaban J connectivity index is 2.74. The third-order valence-corrected chi connectivity index (χ3v) is 2.58. The normalized spacial score (nSPS) is 12.8. The molecule has 3 N–H and O–H groups in total. The maximum Gasteiger partial charge on any atom is 0.573 e. The molecular formula is C13H17F3N2O2. The first-order valence-corrected chi connectivity index (χ1v) is 6.24. The van der Waals surface area contributed by atoms with Crippen LogP contribution in [0.15, 0.2) is 24.3 Å². The van der Waals surface area contributed by atoms with Crippen molar-refractivity contribution in [1.82, 2.24) is 0 Å². The molecule has 1 atom stereocenters. The molecule has 1 amide bonds. The van der Waals surface area contributed by atoms with Crippen LogP contribution >= 0.6 is 0 Å². The second-order valence-corrected chi connectivity index (χ2v) is 4.28. The van der Waals surface area contributed by atoms with Crippen LogP contribution in [0.2, 0.25) is 0 Å². The van der Waals surface area contributed by atoms with Gasteiger partial charge in [0.25, 0.3) is 0 Å². The molecule has 0 aliphatic carbocycles. The minimum atomic E-state index is -4.81. The zero-order valence-electron chi connectivity index (χ0n) is 11.0. The number of hydrogen-bond acceptors (Lipinski definition) is 3. The van der Waals surface area contributed by atoms with Gasteiger partial charge in [0.05, 0.1) is 11.7 Å². The second kappa shape index (κ2) is 7.14. The summed E-state index contributed by atoms with van der Waals surface area (Å²) in [5, 5.41) is 2.35. The highest BCUT2D eigenvalue weighted by atomic mass is 19.4. The smallest absolute Gasteiger partial charge is 0.404 e. The van der Waals surface area contributed by atoms with Gasteiger partial charge in [-0.25, -0.2) is 0 Å². The summed E-state index contributed by atoms with van der Waals surface area (Å²) in [6.45, 7) is 1.96. The second-order valence-electron chi connectivity index (χ2n) is 4.28. The van der Waals surface area contributed by atoms with Gasteiger partial charge in [-0.05, 0) is 18.6 Å². The van der Waals surface area contributed by atoms with Crippen molar-refractivity contribution in [3.05, 3.63) is 24.3 Å². The summed E-state index contributed by atoms with van der Waals surface area (Å²) < 4.78 is 40.5. The molecule has 0 bridgehead atoms. The van der Waals surface area contributed by atoms with Crippen LogP contribution in [0.3, 0.4) is 0 Å². The molecule has 1 aromatic carbocycles. The van der Waals surface area contributed by atoms with Gasteiger partial charge < -0.3 is 15.8 Å². The van der Waals surface area contributed by atoms with Gasteiger partial charge in [-0.1, -0.05) is 31.9 Å². The van der Waals surface area contributed by atoms with E-state index in [0.29, 0.717) is 6.42 Å². The van der Waals surface area contributed by atoms with Crippen LogP contribution < -0.4 is 15.8 Å². The number of amides is 1. The Hall–Kier alpha value is -1.76. The van der Waals surface area contributed by atoms with Crippen molar-refractivity contribution in [2.45, 2.75) is 38.6 Å². The van der Waals surface area contributed by atoms with Gasteiger partial charge in [0, 0.05) is 0 Å². The van der Waals surface area contributed by atoms with Crippen LogP contribution in [0, 0.1) is 0 Å². The maximum absolute atomic E-state index is 12.2. The quantitative estimate of drug-likeness (QED) is 0.846. The molecule has 0 spiro atoms. The largest absolute Gasteiger partial charge is 0.573 e. The van der Waals surface area contributed by atoms with Crippen molar-refractivity contribution >= 4 is 11.6 Å². The topological polar surface area (TPSA) is 64.4 Å². The lowest BCUT2D eigenvalue weighted by Gasteiger charge is -2.16. The molecule has 0 saturated heterocycles.